The Morgan fingerprint density at radius 3 is 2.15 bits per heavy atom. The van der Waals surface area contributed by atoms with Crippen LogP contribution in [0.25, 0.3) is 6.08 Å². The summed E-state index contributed by atoms with van der Waals surface area (Å²) in [6.07, 6.45) is 1.51. The van der Waals surface area contributed by atoms with E-state index < -0.39 is 5.91 Å². The van der Waals surface area contributed by atoms with E-state index in [9.17, 15) is 10.1 Å². The number of aryl methyl sites for hydroxylation is 1. The molecule has 208 valence electrons. The SMILES string of the molecule is CCOc1cc(/C=C(\C#N)C(=O)Nc2ccc(OCc3ccc(C)cc3)cc2)cc(Br)c1OCc1ccc(Br)cc1. The van der Waals surface area contributed by atoms with E-state index >= 15 is 0 Å². The van der Waals surface area contributed by atoms with Crippen LogP contribution in [-0.2, 0) is 18.0 Å². The number of carbonyl (C=O) groups excluding carboxylic acids is 1. The minimum Gasteiger partial charge on any atom is -0.490 e. The van der Waals surface area contributed by atoms with Crippen molar-refractivity contribution in [1.82, 2.24) is 0 Å². The highest BCUT2D eigenvalue weighted by Crippen LogP contribution is 2.38. The molecular weight excluding hydrogens is 648 g/mol. The second kappa shape index (κ2) is 14.5. The van der Waals surface area contributed by atoms with Gasteiger partial charge in [0.1, 0.15) is 30.6 Å². The van der Waals surface area contributed by atoms with Crippen molar-refractivity contribution in [2.45, 2.75) is 27.1 Å². The van der Waals surface area contributed by atoms with E-state index in [1.165, 1.54) is 11.6 Å². The van der Waals surface area contributed by atoms with Gasteiger partial charge in [-0.3, -0.25) is 4.79 Å². The minimum atomic E-state index is -0.523. The number of halogens is 2. The Bertz CT molecular complexity index is 1560. The average molecular weight is 676 g/mol. The fourth-order valence-corrected chi connectivity index (χ4v) is 4.65. The van der Waals surface area contributed by atoms with Crippen LogP contribution in [-0.4, -0.2) is 12.5 Å². The van der Waals surface area contributed by atoms with Gasteiger partial charge in [0.2, 0.25) is 0 Å². The zero-order valence-corrected chi connectivity index (χ0v) is 25.8. The minimum absolute atomic E-state index is 0.0532. The number of hydrogen-bond acceptors (Lipinski definition) is 5. The Kier molecular flexibility index (Phi) is 10.6. The van der Waals surface area contributed by atoms with Crippen LogP contribution in [0.2, 0.25) is 0 Å². The van der Waals surface area contributed by atoms with Gasteiger partial charge in [0.15, 0.2) is 11.5 Å². The molecule has 0 spiro atoms. The Labute approximate surface area is 256 Å². The van der Waals surface area contributed by atoms with E-state index in [1.807, 2.05) is 68.4 Å². The van der Waals surface area contributed by atoms with E-state index in [-0.39, 0.29) is 5.57 Å². The van der Waals surface area contributed by atoms with Crippen LogP contribution in [0.1, 0.15) is 29.2 Å². The van der Waals surface area contributed by atoms with Crippen molar-refractivity contribution in [3.8, 4) is 23.3 Å². The number of anilines is 1. The molecule has 0 bridgehead atoms. The molecule has 6 nitrogen and oxygen atoms in total. The van der Waals surface area contributed by atoms with Gasteiger partial charge in [-0.05, 0) is 101 Å². The fourth-order valence-electron chi connectivity index (χ4n) is 3.81. The molecule has 0 aliphatic rings. The number of hydrogen-bond donors (Lipinski definition) is 1. The molecular formula is C33H28Br2N2O4. The molecule has 0 radical (unpaired) electrons. The van der Waals surface area contributed by atoms with Crippen molar-refractivity contribution in [2.75, 3.05) is 11.9 Å². The summed E-state index contributed by atoms with van der Waals surface area (Å²) >= 11 is 6.99. The quantitative estimate of drug-likeness (QED) is 0.127. The van der Waals surface area contributed by atoms with Crippen molar-refractivity contribution in [3.63, 3.8) is 0 Å². The number of amides is 1. The van der Waals surface area contributed by atoms with Gasteiger partial charge in [0, 0.05) is 10.2 Å². The second-order valence-corrected chi connectivity index (χ2v) is 10.9. The maximum Gasteiger partial charge on any atom is 0.266 e. The highest BCUT2D eigenvalue weighted by atomic mass is 79.9. The first kappa shape index (κ1) is 29.9. The summed E-state index contributed by atoms with van der Waals surface area (Å²) in [4.78, 5) is 12.9. The van der Waals surface area contributed by atoms with E-state index in [4.69, 9.17) is 14.2 Å². The highest BCUT2D eigenvalue weighted by Gasteiger charge is 2.15. The topological polar surface area (TPSA) is 80.6 Å². The number of rotatable bonds is 11. The van der Waals surface area contributed by atoms with Crippen LogP contribution >= 0.6 is 31.9 Å². The largest absolute Gasteiger partial charge is 0.490 e. The van der Waals surface area contributed by atoms with E-state index in [2.05, 4.69) is 37.2 Å². The first-order valence-corrected chi connectivity index (χ1v) is 14.5. The summed E-state index contributed by atoms with van der Waals surface area (Å²) < 4.78 is 19.3. The molecule has 0 aliphatic heterocycles. The second-order valence-electron chi connectivity index (χ2n) is 9.10. The predicted octanol–water partition coefficient (Wildman–Crippen LogP) is 8.62. The molecule has 0 saturated heterocycles. The van der Waals surface area contributed by atoms with Crippen LogP contribution < -0.4 is 19.5 Å². The van der Waals surface area contributed by atoms with Crippen LogP contribution in [0.15, 0.2) is 99.4 Å². The smallest absolute Gasteiger partial charge is 0.266 e. The highest BCUT2D eigenvalue weighted by molar-refractivity contribution is 9.10. The van der Waals surface area contributed by atoms with Crippen LogP contribution in [0.3, 0.4) is 0 Å². The number of nitrogens with zero attached hydrogens (tertiary/aromatic N) is 1. The molecule has 0 unspecified atom stereocenters. The standard InChI is InChI=1S/C33H28Br2N2O4/c1-3-39-31-18-25(17-30(35)32(31)41-21-24-8-10-27(34)11-9-24)16-26(19-36)33(38)37-28-12-14-29(15-13-28)40-20-23-6-4-22(2)5-7-23/h4-18H,3,20-21H2,1-2H3,(H,37,38)/b26-16+. The monoisotopic (exact) mass is 674 g/mol. The molecule has 1 N–H and O–H groups in total. The normalized spacial score (nSPS) is 11.0. The van der Waals surface area contributed by atoms with Crippen molar-refractivity contribution in [1.29, 1.82) is 5.26 Å². The van der Waals surface area contributed by atoms with Gasteiger partial charge in [-0.25, -0.2) is 0 Å². The third-order valence-electron chi connectivity index (χ3n) is 5.94. The number of ether oxygens (including phenoxy) is 3. The summed E-state index contributed by atoms with van der Waals surface area (Å²) in [6, 6.07) is 28.5. The summed E-state index contributed by atoms with van der Waals surface area (Å²) in [5.41, 5.74) is 4.37. The number of nitrogens with one attached hydrogen (secondary N) is 1. The summed E-state index contributed by atoms with van der Waals surface area (Å²) in [6.45, 7) is 5.13. The molecule has 0 atom stereocenters. The molecule has 1 amide bonds. The third-order valence-corrected chi connectivity index (χ3v) is 7.06. The van der Waals surface area contributed by atoms with Gasteiger partial charge in [0.25, 0.3) is 5.91 Å². The van der Waals surface area contributed by atoms with Crippen molar-refractivity contribution in [2.24, 2.45) is 0 Å². The van der Waals surface area contributed by atoms with Crippen LogP contribution in [0.5, 0.6) is 17.2 Å². The summed E-state index contributed by atoms with van der Waals surface area (Å²) in [5.74, 6) is 1.20. The lowest BCUT2D eigenvalue weighted by atomic mass is 10.1. The van der Waals surface area contributed by atoms with Gasteiger partial charge < -0.3 is 19.5 Å². The van der Waals surface area contributed by atoms with Crippen molar-refractivity contribution < 1.29 is 19.0 Å². The molecule has 4 rings (SSSR count). The van der Waals surface area contributed by atoms with Gasteiger partial charge in [-0.2, -0.15) is 5.26 Å². The van der Waals surface area contributed by atoms with Crippen molar-refractivity contribution in [3.05, 3.63) is 122 Å². The fraction of sp³-hybridized carbons (Fsp3) is 0.152. The zero-order chi connectivity index (χ0) is 29.2. The first-order valence-electron chi connectivity index (χ1n) is 12.9. The Morgan fingerprint density at radius 2 is 1.51 bits per heavy atom. The average Bonchev–Trinajstić information content (AvgIpc) is 2.97. The number of nitriles is 1. The van der Waals surface area contributed by atoms with Crippen LogP contribution in [0, 0.1) is 18.3 Å². The Hall–Kier alpha value is -4.06. The molecule has 41 heavy (non-hydrogen) atoms. The summed E-state index contributed by atoms with van der Waals surface area (Å²) in [5, 5.41) is 12.5. The molecule has 8 heteroatoms. The summed E-state index contributed by atoms with van der Waals surface area (Å²) in [7, 11) is 0. The van der Waals surface area contributed by atoms with E-state index in [0.717, 1.165) is 15.6 Å². The van der Waals surface area contributed by atoms with Gasteiger partial charge in [-0.15, -0.1) is 0 Å². The Morgan fingerprint density at radius 1 is 0.878 bits per heavy atom. The lowest BCUT2D eigenvalue weighted by Crippen LogP contribution is -2.13. The van der Waals surface area contributed by atoms with Gasteiger partial charge in [-0.1, -0.05) is 57.9 Å². The predicted molar refractivity (Wildman–Crippen MR) is 168 cm³/mol. The maximum absolute atomic E-state index is 12.9. The number of benzene rings is 4. The van der Waals surface area contributed by atoms with Crippen molar-refractivity contribution >= 4 is 49.5 Å². The molecule has 0 saturated carbocycles. The maximum atomic E-state index is 12.9. The number of carbonyl (C=O) groups is 1. The molecule has 0 aliphatic carbocycles. The zero-order valence-electron chi connectivity index (χ0n) is 22.6. The lowest BCUT2D eigenvalue weighted by molar-refractivity contribution is -0.112. The molecule has 0 fully saturated rings. The molecule has 4 aromatic rings. The molecule has 4 aromatic carbocycles. The van der Waals surface area contributed by atoms with Gasteiger partial charge in [0.05, 0.1) is 11.1 Å². The van der Waals surface area contributed by atoms with E-state index in [1.54, 1.807) is 36.4 Å². The third kappa shape index (κ3) is 8.71. The van der Waals surface area contributed by atoms with Gasteiger partial charge >= 0.3 is 0 Å². The Balaban J connectivity index is 1.43. The molecule has 0 aromatic heterocycles. The van der Waals surface area contributed by atoms with E-state index in [0.29, 0.717) is 52.8 Å². The molecule has 0 heterocycles. The first-order chi connectivity index (χ1) is 19.8. The lowest BCUT2D eigenvalue weighted by Gasteiger charge is -2.15. The van der Waals surface area contributed by atoms with Crippen LogP contribution in [0.4, 0.5) is 5.69 Å².